The first-order chi connectivity index (χ1) is 6.42. The van der Waals surface area contributed by atoms with Crippen LogP contribution in [0.25, 0.3) is 11.3 Å². The normalized spacial score (nSPS) is 11.1. The highest BCUT2D eigenvalue weighted by atomic mass is 32.1. The van der Waals surface area contributed by atoms with Gasteiger partial charge in [-0.15, -0.1) is 0 Å². The number of H-pyrrole nitrogens is 1. The van der Waals surface area contributed by atoms with Crippen molar-refractivity contribution in [2.45, 2.75) is 0 Å². The van der Waals surface area contributed by atoms with Crippen LogP contribution in [0.4, 0.5) is 0 Å². The Morgan fingerprint density at radius 1 is 1.62 bits per heavy atom. The number of nitrogens with one attached hydrogen (secondary N) is 1. The van der Waals surface area contributed by atoms with Crippen LogP contribution in [-0.4, -0.2) is 16.4 Å². The molecule has 0 saturated carbocycles. The van der Waals surface area contributed by atoms with Crippen LogP contribution >= 0.6 is 11.3 Å². The molecule has 0 saturated heterocycles. The molecule has 0 spiro atoms. The SMILES string of the molecule is N/N=C/c1cn[nH]c1-c1ccsc1. The first-order valence-electron chi connectivity index (χ1n) is 3.71. The van der Waals surface area contributed by atoms with Gasteiger partial charge in [0, 0.05) is 16.5 Å². The van der Waals surface area contributed by atoms with Gasteiger partial charge in [0.15, 0.2) is 0 Å². The fourth-order valence-corrected chi connectivity index (χ4v) is 1.76. The smallest absolute Gasteiger partial charge is 0.0747 e. The number of nitrogens with zero attached hydrogens (tertiary/aromatic N) is 2. The molecule has 2 rings (SSSR count). The molecule has 4 nitrogen and oxygen atoms in total. The first kappa shape index (κ1) is 8.00. The minimum absolute atomic E-state index is 0.904. The maximum atomic E-state index is 5.07. The number of thiophene rings is 1. The van der Waals surface area contributed by atoms with Crippen molar-refractivity contribution >= 4 is 17.6 Å². The summed E-state index contributed by atoms with van der Waals surface area (Å²) < 4.78 is 0. The average Bonchev–Trinajstić information content (AvgIpc) is 2.71. The summed E-state index contributed by atoms with van der Waals surface area (Å²) in [5.74, 6) is 5.07. The number of aromatic amines is 1. The van der Waals surface area contributed by atoms with Crippen molar-refractivity contribution < 1.29 is 0 Å². The predicted molar refractivity (Wildman–Crippen MR) is 53.7 cm³/mol. The van der Waals surface area contributed by atoms with E-state index >= 15 is 0 Å². The lowest BCUT2D eigenvalue weighted by Gasteiger charge is -1.92. The molecule has 2 aromatic rings. The van der Waals surface area contributed by atoms with Crippen molar-refractivity contribution in [3.05, 3.63) is 28.6 Å². The standard InChI is InChI=1S/C8H8N4S/c9-10-3-7-4-11-12-8(7)6-1-2-13-5-6/h1-5H,9H2,(H,11,12)/b10-3+. The molecule has 0 unspecified atom stereocenters. The number of nitrogens with two attached hydrogens (primary N) is 1. The summed E-state index contributed by atoms with van der Waals surface area (Å²) in [6, 6.07) is 2.02. The molecule has 0 bridgehead atoms. The second-order valence-electron chi connectivity index (χ2n) is 2.49. The van der Waals surface area contributed by atoms with Crippen LogP contribution < -0.4 is 5.84 Å². The first-order valence-corrected chi connectivity index (χ1v) is 4.65. The quantitative estimate of drug-likeness (QED) is 0.429. The van der Waals surface area contributed by atoms with Gasteiger partial charge < -0.3 is 5.84 Å². The van der Waals surface area contributed by atoms with Crippen LogP contribution in [0.5, 0.6) is 0 Å². The van der Waals surface area contributed by atoms with E-state index in [9.17, 15) is 0 Å². The molecule has 2 heterocycles. The average molecular weight is 192 g/mol. The van der Waals surface area contributed by atoms with E-state index in [0.717, 1.165) is 16.8 Å². The molecule has 0 fully saturated rings. The Kier molecular flexibility index (Phi) is 2.09. The Morgan fingerprint density at radius 3 is 3.23 bits per heavy atom. The third kappa shape index (κ3) is 1.46. The molecular weight excluding hydrogens is 184 g/mol. The summed E-state index contributed by atoms with van der Waals surface area (Å²) in [7, 11) is 0. The van der Waals surface area contributed by atoms with Gasteiger partial charge in [-0.2, -0.15) is 21.5 Å². The summed E-state index contributed by atoms with van der Waals surface area (Å²) >= 11 is 1.64. The summed E-state index contributed by atoms with van der Waals surface area (Å²) in [5.41, 5.74) is 2.97. The van der Waals surface area contributed by atoms with Crippen molar-refractivity contribution in [2.24, 2.45) is 10.9 Å². The van der Waals surface area contributed by atoms with Crippen LogP contribution in [0.15, 0.2) is 28.1 Å². The monoisotopic (exact) mass is 192 g/mol. The topological polar surface area (TPSA) is 67.1 Å². The van der Waals surface area contributed by atoms with Crippen molar-refractivity contribution in [1.29, 1.82) is 0 Å². The number of hydrazone groups is 1. The molecule has 0 aliphatic carbocycles. The summed E-state index contributed by atoms with van der Waals surface area (Å²) in [4.78, 5) is 0. The van der Waals surface area contributed by atoms with Gasteiger partial charge in [0.05, 0.1) is 18.1 Å². The Morgan fingerprint density at radius 2 is 2.54 bits per heavy atom. The van der Waals surface area contributed by atoms with Crippen molar-refractivity contribution in [2.75, 3.05) is 0 Å². The maximum absolute atomic E-state index is 5.07. The van der Waals surface area contributed by atoms with Crippen molar-refractivity contribution in [3.8, 4) is 11.3 Å². The fraction of sp³-hybridized carbons (Fsp3) is 0. The Hall–Kier alpha value is -1.62. The number of hydrogen-bond acceptors (Lipinski definition) is 4. The molecule has 0 aromatic carbocycles. The minimum Gasteiger partial charge on any atom is -0.323 e. The Balaban J connectivity index is 2.46. The highest BCUT2D eigenvalue weighted by Crippen LogP contribution is 2.21. The van der Waals surface area contributed by atoms with Crippen LogP contribution in [0.1, 0.15) is 5.56 Å². The zero-order valence-corrected chi connectivity index (χ0v) is 7.58. The van der Waals surface area contributed by atoms with E-state index in [4.69, 9.17) is 5.84 Å². The Bertz CT molecular complexity index is 401. The number of hydrogen-bond donors (Lipinski definition) is 2. The van der Waals surface area contributed by atoms with Gasteiger partial charge in [0.1, 0.15) is 0 Å². The maximum Gasteiger partial charge on any atom is 0.0747 e. The van der Waals surface area contributed by atoms with Crippen LogP contribution in [0, 0.1) is 0 Å². The minimum atomic E-state index is 0.904. The zero-order chi connectivity index (χ0) is 9.10. The van der Waals surface area contributed by atoms with Gasteiger partial charge in [-0.25, -0.2) is 0 Å². The highest BCUT2D eigenvalue weighted by Gasteiger charge is 2.05. The number of aromatic nitrogens is 2. The van der Waals surface area contributed by atoms with E-state index in [1.807, 2.05) is 16.8 Å². The summed E-state index contributed by atoms with van der Waals surface area (Å²) in [6.07, 6.45) is 3.28. The van der Waals surface area contributed by atoms with Gasteiger partial charge in [-0.1, -0.05) is 0 Å². The van der Waals surface area contributed by atoms with Gasteiger partial charge in [-0.05, 0) is 11.4 Å². The van der Waals surface area contributed by atoms with Crippen molar-refractivity contribution in [1.82, 2.24) is 10.2 Å². The van der Waals surface area contributed by atoms with E-state index in [1.54, 1.807) is 23.7 Å². The third-order valence-corrected chi connectivity index (χ3v) is 2.38. The fourth-order valence-electron chi connectivity index (χ4n) is 1.11. The second kappa shape index (κ2) is 3.40. The second-order valence-corrected chi connectivity index (χ2v) is 3.27. The van der Waals surface area contributed by atoms with E-state index in [0.29, 0.717) is 0 Å². The lowest BCUT2D eigenvalue weighted by atomic mass is 10.2. The van der Waals surface area contributed by atoms with E-state index < -0.39 is 0 Å². The largest absolute Gasteiger partial charge is 0.323 e. The molecule has 66 valence electrons. The Labute approximate surface area is 79.1 Å². The molecule has 0 aliphatic rings. The molecule has 0 aliphatic heterocycles. The highest BCUT2D eigenvalue weighted by molar-refractivity contribution is 7.08. The molecule has 3 N–H and O–H groups in total. The van der Waals surface area contributed by atoms with Crippen LogP contribution in [-0.2, 0) is 0 Å². The van der Waals surface area contributed by atoms with Crippen LogP contribution in [0.2, 0.25) is 0 Å². The lowest BCUT2D eigenvalue weighted by molar-refractivity contribution is 1.10. The molecule has 5 heteroatoms. The zero-order valence-electron chi connectivity index (χ0n) is 6.77. The third-order valence-electron chi connectivity index (χ3n) is 1.69. The molecule has 0 radical (unpaired) electrons. The lowest BCUT2D eigenvalue weighted by Crippen LogP contribution is -1.86. The summed E-state index contributed by atoms with van der Waals surface area (Å²) in [5, 5.41) is 14.4. The van der Waals surface area contributed by atoms with E-state index in [1.165, 1.54) is 0 Å². The molecule has 2 aromatic heterocycles. The summed E-state index contributed by atoms with van der Waals surface area (Å²) in [6.45, 7) is 0. The van der Waals surface area contributed by atoms with Gasteiger partial charge >= 0.3 is 0 Å². The number of rotatable bonds is 2. The molecule has 13 heavy (non-hydrogen) atoms. The van der Waals surface area contributed by atoms with Gasteiger partial charge in [0.2, 0.25) is 0 Å². The molecule has 0 amide bonds. The molecular formula is C8H8N4S. The van der Waals surface area contributed by atoms with Crippen LogP contribution in [0.3, 0.4) is 0 Å². The van der Waals surface area contributed by atoms with E-state index in [-0.39, 0.29) is 0 Å². The molecule has 0 atom stereocenters. The van der Waals surface area contributed by atoms with Gasteiger partial charge in [0.25, 0.3) is 0 Å². The van der Waals surface area contributed by atoms with E-state index in [2.05, 4.69) is 15.3 Å². The van der Waals surface area contributed by atoms with Crippen molar-refractivity contribution in [3.63, 3.8) is 0 Å². The predicted octanol–water partition coefficient (Wildman–Crippen LogP) is 1.43. The van der Waals surface area contributed by atoms with Gasteiger partial charge in [-0.3, -0.25) is 5.10 Å².